The van der Waals surface area contributed by atoms with Crippen LogP contribution >= 0.6 is 23.2 Å². The molecule has 0 unspecified atom stereocenters. The normalized spacial score (nSPS) is 11.2. The van der Waals surface area contributed by atoms with Crippen LogP contribution in [-0.4, -0.2) is 25.5 Å². The summed E-state index contributed by atoms with van der Waals surface area (Å²) in [6.07, 6.45) is 0. The molecule has 2 rings (SSSR count). The summed E-state index contributed by atoms with van der Waals surface area (Å²) in [5.74, 6) is 0.593. The van der Waals surface area contributed by atoms with Crippen molar-refractivity contribution in [3.05, 3.63) is 40.3 Å². The number of aromatic nitrogens is 2. The van der Waals surface area contributed by atoms with Crippen molar-refractivity contribution in [2.45, 2.75) is 11.8 Å². The second kappa shape index (κ2) is 6.05. The molecule has 0 bridgehead atoms. The molecule has 0 aliphatic heterocycles. The van der Waals surface area contributed by atoms with Crippen LogP contribution in [0.5, 0.6) is 5.75 Å². The van der Waals surface area contributed by atoms with E-state index in [2.05, 4.69) is 14.7 Å². The van der Waals surface area contributed by atoms with Crippen molar-refractivity contribution in [3.63, 3.8) is 0 Å². The van der Waals surface area contributed by atoms with Crippen molar-refractivity contribution in [2.75, 3.05) is 11.8 Å². The van der Waals surface area contributed by atoms with Crippen LogP contribution in [0.25, 0.3) is 0 Å². The van der Waals surface area contributed by atoms with Gasteiger partial charge < -0.3 is 4.74 Å². The summed E-state index contributed by atoms with van der Waals surface area (Å²) in [7, 11) is -2.29. The average Bonchev–Trinajstić information content (AvgIpc) is 2.36. The number of benzene rings is 1. The maximum atomic E-state index is 12.3. The lowest BCUT2D eigenvalue weighted by atomic mass is 10.2. The van der Waals surface area contributed by atoms with Gasteiger partial charge in [0.05, 0.1) is 12.0 Å². The molecule has 1 heterocycles. The number of aryl methyl sites for hydroxylation is 1. The third kappa shape index (κ3) is 3.75. The van der Waals surface area contributed by atoms with Gasteiger partial charge in [-0.1, -0.05) is 11.6 Å². The van der Waals surface area contributed by atoms with E-state index in [0.717, 1.165) is 0 Å². The van der Waals surface area contributed by atoms with E-state index in [1.165, 1.54) is 25.3 Å². The smallest absolute Gasteiger partial charge is 0.263 e. The van der Waals surface area contributed by atoms with Gasteiger partial charge in [0.15, 0.2) is 0 Å². The van der Waals surface area contributed by atoms with Crippen LogP contribution < -0.4 is 9.46 Å². The first-order chi connectivity index (χ1) is 9.81. The third-order valence-corrected chi connectivity index (χ3v) is 4.30. The molecule has 21 heavy (non-hydrogen) atoms. The summed E-state index contributed by atoms with van der Waals surface area (Å²) in [5, 5.41) is -0.107. The van der Waals surface area contributed by atoms with Crippen LogP contribution in [-0.2, 0) is 10.0 Å². The minimum Gasteiger partial charge on any atom is -0.496 e. The van der Waals surface area contributed by atoms with E-state index in [1.807, 2.05) is 0 Å². The van der Waals surface area contributed by atoms with Gasteiger partial charge in [0.25, 0.3) is 10.0 Å². The Morgan fingerprint density at radius 2 is 1.90 bits per heavy atom. The molecular weight excluding hydrogens is 337 g/mol. The fraction of sp³-hybridized carbons (Fsp3) is 0.167. The topological polar surface area (TPSA) is 81.2 Å². The highest BCUT2D eigenvalue weighted by atomic mass is 35.5. The van der Waals surface area contributed by atoms with Crippen molar-refractivity contribution >= 4 is 39.0 Å². The standard InChI is InChI=1S/C12H11Cl2N3O3S/c1-7-5-8(3-4-9(7)20-2)21(18,19)17-11-6-10(13)15-12(14)16-11/h3-6H,1-2H3,(H,15,16,17). The molecule has 0 saturated heterocycles. The second-order valence-electron chi connectivity index (χ2n) is 4.08. The van der Waals surface area contributed by atoms with Crippen molar-refractivity contribution in [3.8, 4) is 5.75 Å². The average molecular weight is 348 g/mol. The first-order valence-electron chi connectivity index (χ1n) is 5.69. The van der Waals surface area contributed by atoms with Gasteiger partial charge >= 0.3 is 0 Å². The van der Waals surface area contributed by atoms with Gasteiger partial charge in [-0.05, 0) is 42.3 Å². The van der Waals surface area contributed by atoms with Crippen molar-refractivity contribution in [1.82, 2.24) is 9.97 Å². The molecule has 6 nitrogen and oxygen atoms in total. The number of halogens is 2. The van der Waals surface area contributed by atoms with E-state index < -0.39 is 10.0 Å². The number of methoxy groups -OCH3 is 1. The van der Waals surface area contributed by atoms with E-state index in [1.54, 1.807) is 13.0 Å². The molecule has 112 valence electrons. The zero-order chi connectivity index (χ0) is 15.6. The zero-order valence-electron chi connectivity index (χ0n) is 11.1. The van der Waals surface area contributed by atoms with Crippen molar-refractivity contribution in [2.24, 2.45) is 0 Å². The molecule has 0 amide bonds. The number of ether oxygens (including phenoxy) is 1. The first-order valence-corrected chi connectivity index (χ1v) is 7.93. The molecule has 1 N–H and O–H groups in total. The Hall–Kier alpha value is -1.57. The van der Waals surface area contributed by atoms with Gasteiger partial charge in [0, 0.05) is 6.07 Å². The van der Waals surface area contributed by atoms with Crippen LogP contribution in [0.15, 0.2) is 29.2 Å². The van der Waals surface area contributed by atoms with E-state index in [4.69, 9.17) is 27.9 Å². The molecular formula is C12H11Cl2N3O3S. The van der Waals surface area contributed by atoms with Crippen LogP contribution in [0.2, 0.25) is 10.4 Å². The fourth-order valence-corrected chi connectivity index (χ4v) is 3.14. The van der Waals surface area contributed by atoms with Gasteiger partial charge in [-0.15, -0.1) is 0 Å². The van der Waals surface area contributed by atoms with E-state index in [-0.39, 0.29) is 21.2 Å². The lowest BCUT2D eigenvalue weighted by molar-refractivity contribution is 0.411. The van der Waals surface area contributed by atoms with Crippen molar-refractivity contribution < 1.29 is 13.2 Å². The molecule has 1 aromatic carbocycles. The number of nitrogens with one attached hydrogen (secondary N) is 1. The molecule has 0 aliphatic carbocycles. The Bertz CT molecular complexity index is 761. The maximum Gasteiger partial charge on any atom is 0.263 e. The molecule has 0 spiro atoms. The summed E-state index contributed by atoms with van der Waals surface area (Å²) >= 11 is 11.3. The highest BCUT2D eigenvalue weighted by Crippen LogP contribution is 2.23. The second-order valence-corrected chi connectivity index (χ2v) is 6.49. The Kier molecular flexibility index (Phi) is 4.55. The minimum absolute atomic E-state index is 0.00605. The molecule has 0 saturated carbocycles. The maximum absolute atomic E-state index is 12.3. The van der Waals surface area contributed by atoms with Gasteiger partial charge in [-0.3, -0.25) is 4.72 Å². The largest absolute Gasteiger partial charge is 0.496 e. The molecule has 1 aromatic heterocycles. The number of sulfonamides is 1. The quantitative estimate of drug-likeness (QED) is 0.679. The highest BCUT2D eigenvalue weighted by molar-refractivity contribution is 7.92. The summed E-state index contributed by atoms with van der Waals surface area (Å²) in [6, 6.07) is 5.76. The monoisotopic (exact) mass is 347 g/mol. The van der Waals surface area contributed by atoms with Crippen LogP contribution in [0, 0.1) is 6.92 Å². The van der Waals surface area contributed by atoms with Crippen LogP contribution in [0.3, 0.4) is 0 Å². The number of anilines is 1. The molecule has 0 fully saturated rings. The third-order valence-electron chi connectivity index (χ3n) is 2.58. The summed E-state index contributed by atoms with van der Waals surface area (Å²) in [6.45, 7) is 1.75. The van der Waals surface area contributed by atoms with Crippen molar-refractivity contribution in [1.29, 1.82) is 0 Å². The number of hydrogen-bond donors (Lipinski definition) is 1. The zero-order valence-corrected chi connectivity index (χ0v) is 13.4. The Labute approximate surface area is 132 Å². The molecule has 0 radical (unpaired) electrons. The van der Waals surface area contributed by atoms with Gasteiger partial charge in [-0.25, -0.2) is 13.4 Å². The number of nitrogens with zero attached hydrogens (tertiary/aromatic N) is 2. The highest BCUT2D eigenvalue weighted by Gasteiger charge is 2.17. The Balaban J connectivity index is 2.36. The molecule has 2 aromatic rings. The first kappa shape index (κ1) is 15.8. The predicted octanol–water partition coefficient (Wildman–Crippen LogP) is 2.90. The summed E-state index contributed by atoms with van der Waals surface area (Å²) in [4.78, 5) is 7.47. The SMILES string of the molecule is COc1ccc(S(=O)(=O)Nc2cc(Cl)nc(Cl)n2)cc1C. The number of rotatable bonds is 4. The van der Waals surface area contributed by atoms with Gasteiger partial charge in [-0.2, -0.15) is 4.98 Å². The van der Waals surface area contributed by atoms with Gasteiger partial charge in [0.1, 0.15) is 16.7 Å². The molecule has 0 atom stereocenters. The molecule has 0 aliphatic rings. The van der Waals surface area contributed by atoms with E-state index >= 15 is 0 Å². The van der Waals surface area contributed by atoms with E-state index in [9.17, 15) is 8.42 Å². The summed E-state index contributed by atoms with van der Waals surface area (Å²) < 4.78 is 31.9. The lowest BCUT2D eigenvalue weighted by Crippen LogP contribution is -2.14. The van der Waals surface area contributed by atoms with Crippen LogP contribution in [0.1, 0.15) is 5.56 Å². The van der Waals surface area contributed by atoms with E-state index in [0.29, 0.717) is 11.3 Å². The fourth-order valence-electron chi connectivity index (χ4n) is 1.66. The molecule has 9 heteroatoms. The summed E-state index contributed by atoms with van der Waals surface area (Å²) in [5.41, 5.74) is 0.694. The number of hydrogen-bond acceptors (Lipinski definition) is 5. The van der Waals surface area contributed by atoms with Gasteiger partial charge in [0.2, 0.25) is 5.28 Å². The minimum atomic E-state index is -3.81. The predicted molar refractivity (Wildman–Crippen MR) is 80.6 cm³/mol. The Morgan fingerprint density at radius 1 is 1.19 bits per heavy atom. The van der Waals surface area contributed by atoms with Crippen LogP contribution in [0.4, 0.5) is 5.82 Å². The Morgan fingerprint density at radius 3 is 2.48 bits per heavy atom. The lowest BCUT2D eigenvalue weighted by Gasteiger charge is -2.10.